The minimum absolute atomic E-state index is 0.00171. The lowest BCUT2D eigenvalue weighted by atomic mass is 10.2. The van der Waals surface area contributed by atoms with E-state index in [0.717, 1.165) is 36.6 Å². The number of carbonyl (C=O) groups excluding carboxylic acids is 1. The van der Waals surface area contributed by atoms with E-state index in [4.69, 9.17) is 5.73 Å². The molecule has 2 heterocycles. The highest BCUT2D eigenvalue weighted by atomic mass is 16.1. The Bertz CT molecular complexity index is 354. The summed E-state index contributed by atoms with van der Waals surface area (Å²) in [5, 5.41) is 0. The van der Waals surface area contributed by atoms with Gasteiger partial charge in [-0.25, -0.2) is 4.98 Å². The van der Waals surface area contributed by atoms with Crippen molar-refractivity contribution >= 4 is 5.78 Å². The summed E-state index contributed by atoms with van der Waals surface area (Å²) in [7, 11) is 0. The zero-order valence-corrected chi connectivity index (χ0v) is 7.71. The highest BCUT2D eigenvalue weighted by molar-refractivity contribution is 5.97. The van der Waals surface area contributed by atoms with E-state index in [2.05, 4.69) is 4.98 Å². The fourth-order valence-corrected chi connectivity index (χ4v) is 1.91. The van der Waals surface area contributed by atoms with Crippen molar-refractivity contribution in [2.45, 2.75) is 26.3 Å². The van der Waals surface area contributed by atoms with Gasteiger partial charge in [0, 0.05) is 13.0 Å². The zero-order valence-electron chi connectivity index (χ0n) is 7.71. The number of fused-ring (bicyclic) bond motifs is 1. The fourth-order valence-electron chi connectivity index (χ4n) is 1.91. The van der Waals surface area contributed by atoms with Crippen molar-refractivity contribution in [1.82, 2.24) is 9.55 Å². The first-order chi connectivity index (χ1) is 6.24. The molecule has 0 bridgehead atoms. The predicted molar refractivity (Wildman–Crippen MR) is 48.7 cm³/mol. The summed E-state index contributed by atoms with van der Waals surface area (Å²) in [6.45, 7) is 2.86. The summed E-state index contributed by atoms with van der Waals surface area (Å²) >= 11 is 0. The van der Waals surface area contributed by atoms with E-state index in [1.807, 2.05) is 11.5 Å². The molecule has 0 saturated carbocycles. The van der Waals surface area contributed by atoms with Crippen molar-refractivity contribution in [3.8, 4) is 0 Å². The van der Waals surface area contributed by atoms with Crippen molar-refractivity contribution in [3.05, 3.63) is 17.2 Å². The molecular formula is C9H13N3O. The number of aromatic nitrogens is 2. The van der Waals surface area contributed by atoms with Crippen LogP contribution in [0, 0.1) is 6.92 Å². The van der Waals surface area contributed by atoms with Crippen LogP contribution in [-0.2, 0) is 13.0 Å². The number of ketones is 1. The van der Waals surface area contributed by atoms with Gasteiger partial charge in [-0.05, 0) is 13.3 Å². The molecule has 2 rings (SSSR count). The number of imidazole rings is 1. The first kappa shape index (κ1) is 8.44. The minimum Gasteiger partial charge on any atom is -0.325 e. The molecule has 0 aliphatic carbocycles. The third-order valence-corrected chi connectivity index (χ3v) is 2.45. The lowest BCUT2D eigenvalue weighted by Gasteiger charge is -2.02. The van der Waals surface area contributed by atoms with Gasteiger partial charge in [0.15, 0.2) is 5.78 Å². The Balaban J connectivity index is 2.50. The molecule has 0 atom stereocenters. The van der Waals surface area contributed by atoms with Gasteiger partial charge in [0.1, 0.15) is 11.5 Å². The van der Waals surface area contributed by atoms with Crippen LogP contribution in [0.3, 0.4) is 0 Å². The second kappa shape index (κ2) is 2.96. The molecule has 0 radical (unpaired) electrons. The number of aryl methyl sites for hydroxylation is 2. The molecule has 4 nitrogen and oxygen atoms in total. The molecule has 4 heteroatoms. The molecule has 0 fully saturated rings. The van der Waals surface area contributed by atoms with Crippen molar-refractivity contribution in [3.63, 3.8) is 0 Å². The summed E-state index contributed by atoms with van der Waals surface area (Å²) in [6, 6.07) is 0. The maximum absolute atomic E-state index is 11.5. The van der Waals surface area contributed by atoms with Gasteiger partial charge in [-0.15, -0.1) is 0 Å². The quantitative estimate of drug-likeness (QED) is 0.663. The molecule has 1 aromatic heterocycles. The van der Waals surface area contributed by atoms with E-state index in [-0.39, 0.29) is 12.3 Å². The Hall–Kier alpha value is -1.16. The molecule has 13 heavy (non-hydrogen) atoms. The van der Waals surface area contributed by atoms with Crippen LogP contribution in [0.2, 0.25) is 0 Å². The fraction of sp³-hybridized carbons (Fsp3) is 0.556. The molecule has 0 amide bonds. The number of rotatable bonds is 2. The van der Waals surface area contributed by atoms with Crippen LogP contribution in [0.5, 0.6) is 0 Å². The second-order valence-corrected chi connectivity index (χ2v) is 3.34. The number of nitrogens with zero attached hydrogens (tertiary/aromatic N) is 2. The Kier molecular flexibility index (Phi) is 1.92. The number of Topliss-reactive ketones (excluding diaryl/α,β-unsaturated/α-hetero) is 1. The first-order valence-corrected chi connectivity index (χ1v) is 4.53. The normalized spacial score (nSPS) is 14.6. The average Bonchev–Trinajstić information content (AvgIpc) is 2.62. The monoisotopic (exact) mass is 179 g/mol. The number of carbonyl (C=O) groups is 1. The topological polar surface area (TPSA) is 60.9 Å². The molecule has 0 saturated heterocycles. The predicted octanol–water partition coefficient (Wildman–Crippen LogP) is 0.279. The summed E-state index contributed by atoms with van der Waals surface area (Å²) in [6.07, 6.45) is 2.08. The Morgan fingerprint density at radius 3 is 3.15 bits per heavy atom. The zero-order chi connectivity index (χ0) is 9.42. The van der Waals surface area contributed by atoms with Crippen LogP contribution in [-0.4, -0.2) is 21.9 Å². The van der Waals surface area contributed by atoms with Gasteiger partial charge in [-0.2, -0.15) is 0 Å². The van der Waals surface area contributed by atoms with Crippen LogP contribution in [0.25, 0.3) is 0 Å². The standard InChI is InChI=1S/C9H13N3O/c1-6-9(7(13)5-10)12-4-2-3-8(12)11-6/h2-5,10H2,1H3. The largest absolute Gasteiger partial charge is 0.325 e. The van der Waals surface area contributed by atoms with Crippen molar-refractivity contribution in [2.75, 3.05) is 6.54 Å². The van der Waals surface area contributed by atoms with Gasteiger partial charge < -0.3 is 10.3 Å². The van der Waals surface area contributed by atoms with Crippen LogP contribution < -0.4 is 5.73 Å². The van der Waals surface area contributed by atoms with E-state index in [1.165, 1.54) is 0 Å². The van der Waals surface area contributed by atoms with Gasteiger partial charge in [0.05, 0.1) is 12.2 Å². The van der Waals surface area contributed by atoms with Gasteiger partial charge in [0.25, 0.3) is 0 Å². The summed E-state index contributed by atoms with van der Waals surface area (Å²) in [5.74, 6) is 1.03. The lowest BCUT2D eigenvalue weighted by Crippen LogP contribution is -2.18. The minimum atomic E-state index is -0.00171. The number of hydrogen-bond acceptors (Lipinski definition) is 3. The molecule has 1 aromatic rings. The molecule has 0 spiro atoms. The van der Waals surface area contributed by atoms with E-state index in [1.54, 1.807) is 0 Å². The Morgan fingerprint density at radius 2 is 2.46 bits per heavy atom. The molecule has 0 aromatic carbocycles. The first-order valence-electron chi connectivity index (χ1n) is 4.53. The third kappa shape index (κ3) is 1.18. The van der Waals surface area contributed by atoms with Gasteiger partial charge in [0.2, 0.25) is 0 Å². The van der Waals surface area contributed by atoms with Crippen molar-refractivity contribution in [1.29, 1.82) is 0 Å². The smallest absolute Gasteiger partial charge is 0.194 e. The van der Waals surface area contributed by atoms with Crippen LogP contribution in [0.4, 0.5) is 0 Å². The van der Waals surface area contributed by atoms with E-state index in [0.29, 0.717) is 0 Å². The van der Waals surface area contributed by atoms with Gasteiger partial charge in [-0.1, -0.05) is 0 Å². The number of hydrogen-bond donors (Lipinski definition) is 1. The highest BCUT2D eigenvalue weighted by Gasteiger charge is 2.22. The van der Waals surface area contributed by atoms with E-state index < -0.39 is 0 Å². The maximum Gasteiger partial charge on any atom is 0.194 e. The number of nitrogens with two attached hydrogens (primary N) is 1. The maximum atomic E-state index is 11.5. The molecule has 1 aliphatic heterocycles. The lowest BCUT2D eigenvalue weighted by molar-refractivity contribution is 0.0992. The highest BCUT2D eigenvalue weighted by Crippen LogP contribution is 2.19. The SMILES string of the molecule is Cc1nc2n(c1C(=O)CN)CCC2. The third-order valence-electron chi connectivity index (χ3n) is 2.45. The second-order valence-electron chi connectivity index (χ2n) is 3.34. The molecular weight excluding hydrogens is 166 g/mol. The van der Waals surface area contributed by atoms with Crippen molar-refractivity contribution < 1.29 is 4.79 Å². The van der Waals surface area contributed by atoms with Crippen molar-refractivity contribution in [2.24, 2.45) is 5.73 Å². The van der Waals surface area contributed by atoms with Crippen LogP contribution in [0.15, 0.2) is 0 Å². The average molecular weight is 179 g/mol. The molecule has 0 unspecified atom stereocenters. The van der Waals surface area contributed by atoms with Gasteiger partial charge in [-0.3, -0.25) is 4.79 Å². The molecule has 1 aliphatic rings. The van der Waals surface area contributed by atoms with Gasteiger partial charge >= 0.3 is 0 Å². The van der Waals surface area contributed by atoms with E-state index >= 15 is 0 Å². The summed E-state index contributed by atoms with van der Waals surface area (Å²) in [4.78, 5) is 15.8. The Morgan fingerprint density at radius 1 is 1.69 bits per heavy atom. The molecule has 2 N–H and O–H groups in total. The Labute approximate surface area is 76.8 Å². The van der Waals surface area contributed by atoms with Crippen LogP contribution in [0.1, 0.15) is 28.4 Å². The van der Waals surface area contributed by atoms with Crippen LogP contribution >= 0.6 is 0 Å². The van der Waals surface area contributed by atoms with E-state index in [9.17, 15) is 4.79 Å². The molecule has 70 valence electrons. The summed E-state index contributed by atoms with van der Waals surface area (Å²) < 4.78 is 2.00. The summed E-state index contributed by atoms with van der Waals surface area (Å²) in [5.41, 5.74) is 6.88.